The van der Waals surface area contributed by atoms with Gasteiger partial charge in [0, 0.05) is 18.3 Å². The van der Waals surface area contributed by atoms with E-state index < -0.39 is 0 Å². The molecule has 0 unspecified atom stereocenters. The Labute approximate surface area is 96.1 Å². The Morgan fingerprint density at radius 3 is 2.69 bits per heavy atom. The molecule has 2 aromatic rings. The lowest BCUT2D eigenvalue weighted by atomic mass is 10.1. The zero-order chi connectivity index (χ0) is 11.3. The molecule has 2 nitrogen and oxygen atoms in total. The molecule has 1 aliphatic rings. The SMILES string of the molecule is CCc1ccc2cc(C3(N)CC3)n(C)c2c1. The van der Waals surface area contributed by atoms with E-state index in [1.54, 1.807) is 0 Å². The van der Waals surface area contributed by atoms with Crippen LogP contribution in [0.1, 0.15) is 31.0 Å². The molecule has 16 heavy (non-hydrogen) atoms. The quantitative estimate of drug-likeness (QED) is 0.818. The van der Waals surface area contributed by atoms with Gasteiger partial charge in [-0.3, -0.25) is 0 Å². The summed E-state index contributed by atoms with van der Waals surface area (Å²) < 4.78 is 2.27. The molecule has 0 radical (unpaired) electrons. The lowest BCUT2D eigenvalue weighted by Gasteiger charge is -2.10. The van der Waals surface area contributed by atoms with E-state index >= 15 is 0 Å². The molecule has 0 spiro atoms. The summed E-state index contributed by atoms with van der Waals surface area (Å²) >= 11 is 0. The van der Waals surface area contributed by atoms with Crippen LogP contribution in [0.25, 0.3) is 10.9 Å². The molecule has 0 saturated heterocycles. The average Bonchev–Trinajstić information content (AvgIpc) is 2.95. The minimum atomic E-state index is -0.0415. The molecular formula is C14H18N2. The fourth-order valence-electron chi connectivity index (χ4n) is 2.46. The summed E-state index contributed by atoms with van der Waals surface area (Å²) in [5.74, 6) is 0. The van der Waals surface area contributed by atoms with E-state index in [1.165, 1.54) is 22.2 Å². The molecule has 2 heteroatoms. The van der Waals surface area contributed by atoms with Crippen LogP contribution < -0.4 is 5.73 Å². The summed E-state index contributed by atoms with van der Waals surface area (Å²) in [6.45, 7) is 2.19. The maximum Gasteiger partial charge on any atom is 0.0565 e. The average molecular weight is 214 g/mol. The molecule has 0 aliphatic heterocycles. The normalized spacial score (nSPS) is 17.9. The molecule has 1 heterocycles. The summed E-state index contributed by atoms with van der Waals surface area (Å²) in [6, 6.07) is 8.96. The monoisotopic (exact) mass is 214 g/mol. The Balaban J connectivity index is 2.23. The van der Waals surface area contributed by atoms with Crippen molar-refractivity contribution in [3.8, 4) is 0 Å². The second-order valence-electron chi connectivity index (χ2n) is 4.99. The van der Waals surface area contributed by atoms with E-state index in [0.29, 0.717) is 0 Å². The molecule has 1 aromatic carbocycles. The Bertz CT molecular complexity index is 547. The summed E-state index contributed by atoms with van der Waals surface area (Å²) in [5, 5.41) is 1.31. The van der Waals surface area contributed by atoms with Crippen molar-refractivity contribution in [2.75, 3.05) is 0 Å². The molecular weight excluding hydrogens is 196 g/mol. The van der Waals surface area contributed by atoms with Gasteiger partial charge in [-0.1, -0.05) is 19.1 Å². The summed E-state index contributed by atoms with van der Waals surface area (Å²) in [4.78, 5) is 0. The van der Waals surface area contributed by atoms with E-state index in [4.69, 9.17) is 5.73 Å². The molecule has 2 N–H and O–H groups in total. The van der Waals surface area contributed by atoms with Crippen LogP contribution in [0.3, 0.4) is 0 Å². The maximum absolute atomic E-state index is 6.28. The highest BCUT2D eigenvalue weighted by atomic mass is 15.0. The summed E-state index contributed by atoms with van der Waals surface area (Å²) in [6.07, 6.45) is 3.33. The van der Waals surface area contributed by atoms with Gasteiger partial charge in [-0.2, -0.15) is 0 Å². The highest BCUT2D eigenvalue weighted by Crippen LogP contribution is 2.44. The largest absolute Gasteiger partial charge is 0.346 e. The third-order valence-corrected chi connectivity index (χ3v) is 3.82. The molecule has 84 valence electrons. The van der Waals surface area contributed by atoms with Crippen molar-refractivity contribution in [3.63, 3.8) is 0 Å². The van der Waals surface area contributed by atoms with Crippen LogP contribution in [0.2, 0.25) is 0 Å². The van der Waals surface area contributed by atoms with Crippen molar-refractivity contribution in [1.82, 2.24) is 4.57 Å². The van der Waals surface area contributed by atoms with Crippen LogP contribution >= 0.6 is 0 Å². The lowest BCUT2D eigenvalue weighted by molar-refractivity contribution is 0.667. The van der Waals surface area contributed by atoms with Gasteiger partial charge in [-0.25, -0.2) is 0 Å². The van der Waals surface area contributed by atoms with Gasteiger partial charge in [0.15, 0.2) is 0 Å². The van der Waals surface area contributed by atoms with Crippen molar-refractivity contribution < 1.29 is 0 Å². The molecule has 1 aromatic heterocycles. The number of hydrogen-bond acceptors (Lipinski definition) is 1. The Kier molecular flexibility index (Phi) is 1.93. The van der Waals surface area contributed by atoms with E-state index in [0.717, 1.165) is 19.3 Å². The van der Waals surface area contributed by atoms with E-state index in [2.05, 4.69) is 42.8 Å². The minimum Gasteiger partial charge on any atom is -0.346 e. The van der Waals surface area contributed by atoms with Gasteiger partial charge in [0.25, 0.3) is 0 Å². The molecule has 3 rings (SSSR count). The van der Waals surface area contributed by atoms with Gasteiger partial charge < -0.3 is 10.3 Å². The first kappa shape index (κ1) is 9.91. The standard InChI is InChI=1S/C14H18N2/c1-3-10-4-5-11-9-13(14(15)6-7-14)16(2)12(11)8-10/h4-5,8-9H,3,6-7,15H2,1-2H3. The second kappa shape index (κ2) is 3.11. The van der Waals surface area contributed by atoms with Crippen molar-refractivity contribution in [3.05, 3.63) is 35.5 Å². The fourth-order valence-corrected chi connectivity index (χ4v) is 2.46. The number of aromatic nitrogens is 1. The van der Waals surface area contributed by atoms with Crippen LogP contribution in [0.5, 0.6) is 0 Å². The van der Waals surface area contributed by atoms with Crippen molar-refractivity contribution in [2.45, 2.75) is 31.7 Å². The first-order valence-corrected chi connectivity index (χ1v) is 6.02. The third-order valence-electron chi connectivity index (χ3n) is 3.82. The number of benzene rings is 1. The predicted octanol–water partition coefficient (Wildman–Crippen LogP) is 2.69. The topological polar surface area (TPSA) is 30.9 Å². The first-order chi connectivity index (χ1) is 7.64. The molecule has 1 saturated carbocycles. The Morgan fingerprint density at radius 2 is 2.06 bits per heavy atom. The Morgan fingerprint density at radius 1 is 1.31 bits per heavy atom. The molecule has 0 bridgehead atoms. The van der Waals surface area contributed by atoms with Crippen LogP contribution in [-0.4, -0.2) is 4.57 Å². The van der Waals surface area contributed by atoms with E-state index in [-0.39, 0.29) is 5.54 Å². The highest BCUT2D eigenvalue weighted by molar-refractivity contribution is 5.82. The maximum atomic E-state index is 6.28. The van der Waals surface area contributed by atoms with Gasteiger partial charge in [0.05, 0.1) is 5.54 Å². The van der Waals surface area contributed by atoms with Gasteiger partial charge in [-0.15, -0.1) is 0 Å². The Hall–Kier alpha value is -1.28. The molecule has 0 atom stereocenters. The van der Waals surface area contributed by atoms with Crippen molar-refractivity contribution in [2.24, 2.45) is 12.8 Å². The number of aryl methyl sites for hydroxylation is 2. The van der Waals surface area contributed by atoms with Crippen LogP contribution in [0, 0.1) is 0 Å². The molecule has 1 fully saturated rings. The molecule has 0 amide bonds. The third kappa shape index (κ3) is 1.30. The van der Waals surface area contributed by atoms with Crippen molar-refractivity contribution in [1.29, 1.82) is 0 Å². The van der Waals surface area contributed by atoms with Crippen LogP contribution in [-0.2, 0) is 19.0 Å². The van der Waals surface area contributed by atoms with Gasteiger partial charge in [0.1, 0.15) is 0 Å². The lowest BCUT2D eigenvalue weighted by Crippen LogP contribution is -2.21. The fraction of sp³-hybridized carbons (Fsp3) is 0.429. The predicted molar refractivity (Wildman–Crippen MR) is 67.4 cm³/mol. The zero-order valence-corrected chi connectivity index (χ0v) is 9.96. The molecule has 1 aliphatic carbocycles. The van der Waals surface area contributed by atoms with Crippen LogP contribution in [0.15, 0.2) is 24.3 Å². The first-order valence-electron chi connectivity index (χ1n) is 6.02. The van der Waals surface area contributed by atoms with Crippen LogP contribution in [0.4, 0.5) is 0 Å². The highest BCUT2D eigenvalue weighted by Gasteiger charge is 2.42. The number of nitrogens with zero attached hydrogens (tertiary/aromatic N) is 1. The second-order valence-corrected chi connectivity index (χ2v) is 4.99. The van der Waals surface area contributed by atoms with Gasteiger partial charge in [0.2, 0.25) is 0 Å². The van der Waals surface area contributed by atoms with E-state index in [9.17, 15) is 0 Å². The number of fused-ring (bicyclic) bond motifs is 1. The minimum absolute atomic E-state index is 0.0415. The number of hydrogen-bond donors (Lipinski definition) is 1. The van der Waals surface area contributed by atoms with Crippen molar-refractivity contribution >= 4 is 10.9 Å². The number of nitrogens with two attached hydrogens (primary N) is 1. The van der Waals surface area contributed by atoms with Gasteiger partial charge in [-0.05, 0) is 42.3 Å². The smallest absolute Gasteiger partial charge is 0.0565 e. The van der Waals surface area contributed by atoms with Gasteiger partial charge >= 0.3 is 0 Å². The summed E-state index contributed by atoms with van der Waals surface area (Å²) in [7, 11) is 2.13. The zero-order valence-electron chi connectivity index (χ0n) is 9.96. The van der Waals surface area contributed by atoms with E-state index in [1.807, 2.05) is 0 Å². The number of rotatable bonds is 2. The summed E-state index contributed by atoms with van der Waals surface area (Å²) in [5.41, 5.74) is 10.2.